The van der Waals surface area contributed by atoms with E-state index in [9.17, 15) is 4.79 Å². The smallest absolute Gasteiger partial charge is 0.257 e. The minimum absolute atomic E-state index is 0.234. The highest BCUT2D eigenvalue weighted by molar-refractivity contribution is 8.01. The van der Waals surface area contributed by atoms with Gasteiger partial charge in [0.25, 0.3) is 5.91 Å². The minimum Gasteiger partial charge on any atom is -0.493 e. The van der Waals surface area contributed by atoms with Gasteiger partial charge >= 0.3 is 0 Å². The van der Waals surface area contributed by atoms with Crippen molar-refractivity contribution in [1.29, 1.82) is 0 Å². The van der Waals surface area contributed by atoms with Gasteiger partial charge in [-0.3, -0.25) is 10.1 Å². The van der Waals surface area contributed by atoms with E-state index in [1.54, 1.807) is 44.6 Å². The summed E-state index contributed by atoms with van der Waals surface area (Å²) in [4.78, 5) is 20.9. The lowest BCUT2D eigenvalue weighted by Gasteiger charge is -2.09. The van der Waals surface area contributed by atoms with Crippen LogP contribution in [-0.4, -0.2) is 40.3 Å². The standard InChI is InChI=1S/C19H15N5O3S2/c1-26-14-8-12-13(9-15(14)27-2)20-10-21-17(12)28-19-24-23-18(29-19)22-16(25)11-6-4-3-5-7-11/h3-10H,1-2H3,(H,22,23,25). The summed E-state index contributed by atoms with van der Waals surface area (Å²) in [5, 5.41) is 12.9. The molecule has 8 nitrogen and oxygen atoms in total. The number of nitrogens with one attached hydrogen (secondary N) is 1. The summed E-state index contributed by atoms with van der Waals surface area (Å²) in [6, 6.07) is 12.6. The minimum atomic E-state index is -0.234. The SMILES string of the molecule is COc1cc2ncnc(Sc3nnc(NC(=O)c4ccccc4)s3)c2cc1OC. The van der Waals surface area contributed by atoms with Crippen LogP contribution < -0.4 is 14.8 Å². The van der Waals surface area contributed by atoms with Gasteiger partial charge in [0.2, 0.25) is 5.13 Å². The van der Waals surface area contributed by atoms with Gasteiger partial charge in [-0.2, -0.15) is 0 Å². The van der Waals surface area contributed by atoms with Crippen molar-refractivity contribution in [3.63, 3.8) is 0 Å². The van der Waals surface area contributed by atoms with E-state index in [1.165, 1.54) is 29.4 Å². The first kappa shape index (κ1) is 19.1. The summed E-state index contributed by atoms with van der Waals surface area (Å²) in [6.07, 6.45) is 1.48. The van der Waals surface area contributed by atoms with E-state index < -0.39 is 0 Å². The van der Waals surface area contributed by atoms with E-state index >= 15 is 0 Å². The molecule has 10 heteroatoms. The van der Waals surface area contributed by atoms with Crippen molar-refractivity contribution in [2.24, 2.45) is 0 Å². The van der Waals surface area contributed by atoms with Crippen molar-refractivity contribution in [2.45, 2.75) is 9.37 Å². The molecule has 2 heterocycles. The maximum atomic E-state index is 12.3. The van der Waals surface area contributed by atoms with E-state index in [2.05, 4.69) is 25.5 Å². The summed E-state index contributed by atoms with van der Waals surface area (Å²) in [5.74, 6) is 0.948. The monoisotopic (exact) mass is 425 g/mol. The maximum Gasteiger partial charge on any atom is 0.257 e. The predicted octanol–water partition coefficient (Wildman–Crippen LogP) is 3.90. The number of benzene rings is 2. The van der Waals surface area contributed by atoms with Crippen molar-refractivity contribution >= 4 is 45.0 Å². The Kier molecular flexibility index (Phi) is 5.54. The third kappa shape index (κ3) is 4.13. The van der Waals surface area contributed by atoms with Gasteiger partial charge in [-0.05, 0) is 30.0 Å². The summed E-state index contributed by atoms with van der Waals surface area (Å²) in [7, 11) is 3.15. The zero-order valence-corrected chi connectivity index (χ0v) is 17.1. The van der Waals surface area contributed by atoms with Crippen molar-refractivity contribution < 1.29 is 14.3 Å². The second-order valence-corrected chi connectivity index (χ2v) is 7.91. The Morgan fingerprint density at radius 3 is 2.55 bits per heavy atom. The number of amides is 1. The van der Waals surface area contributed by atoms with E-state index in [0.29, 0.717) is 31.6 Å². The van der Waals surface area contributed by atoms with Crippen molar-refractivity contribution in [3.8, 4) is 11.5 Å². The highest BCUT2D eigenvalue weighted by Gasteiger charge is 2.15. The Morgan fingerprint density at radius 1 is 1.03 bits per heavy atom. The number of nitrogens with zero attached hydrogens (tertiary/aromatic N) is 4. The number of methoxy groups -OCH3 is 2. The van der Waals surface area contributed by atoms with Crippen LogP contribution in [0.2, 0.25) is 0 Å². The number of carbonyl (C=O) groups is 1. The maximum absolute atomic E-state index is 12.3. The van der Waals surface area contributed by atoms with E-state index in [4.69, 9.17) is 9.47 Å². The third-order valence-corrected chi connectivity index (χ3v) is 5.86. The van der Waals surface area contributed by atoms with Crippen molar-refractivity contribution in [2.75, 3.05) is 19.5 Å². The molecule has 0 saturated heterocycles. The first-order valence-electron chi connectivity index (χ1n) is 8.42. The number of carbonyl (C=O) groups excluding carboxylic acids is 1. The quantitative estimate of drug-likeness (QED) is 0.367. The van der Waals surface area contributed by atoms with Crippen LogP contribution in [0.5, 0.6) is 11.5 Å². The summed E-state index contributed by atoms with van der Waals surface area (Å²) < 4.78 is 11.3. The lowest BCUT2D eigenvalue weighted by molar-refractivity contribution is 0.102. The summed E-state index contributed by atoms with van der Waals surface area (Å²) >= 11 is 2.61. The van der Waals surface area contributed by atoms with Crippen molar-refractivity contribution in [3.05, 3.63) is 54.4 Å². The lowest BCUT2D eigenvalue weighted by atomic mass is 10.2. The normalized spacial score (nSPS) is 10.7. The van der Waals surface area contributed by atoms with Crippen LogP contribution in [0, 0.1) is 0 Å². The molecule has 0 aliphatic rings. The van der Waals surface area contributed by atoms with Crippen LogP contribution in [0.3, 0.4) is 0 Å². The molecule has 0 bridgehead atoms. The molecule has 0 saturated carbocycles. The second-order valence-electron chi connectivity index (χ2n) is 5.70. The van der Waals surface area contributed by atoms with Crippen LogP contribution in [-0.2, 0) is 0 Å². The molecule has 1 amide bonds. The third-order valence-electron chi connectivity index (χ3n) is 3.95. The van der Waals surface area contributed by atoms with E-state index in [0.717, 1.165) is 10.9 Å². The molecule has 0 aliphatic heterocycles. The number of fused-ring (bicyclic) bond motifs is 1. The van der Waals surface area contributed by atoms with Crippen LogP contribution >= 0.6 is 23.1 Å². The number of hydrogen-bond acceptors (Lipinski definition) is 9. The number of ether oxygens (including phenoxy) is 2. The highest BCUT2D eigenvalue weighted by Crippen LogP contribution is 2.38. The molecule has 1 N–H and O–H groups in total. The molecule has 2 aromatic heterocycles. The molecule has 0 fully saturated rings. The Labute approximate surface area is 174 Å². The van der Waals surface area contributed by atoms with E-state index in [-0.39, 0.29) is 5.91 Å². The summed E-state index contributed by atoms with van der Waals surface area (Å²) in [6.45, 7) is 0. The Balaban J connectivity index is 1.57. The van der Waals surface area contributed by atoms with Gasteiger partial charge in [0, 0.05) is 17.0 Å². The molecule has 4 aromatic rings. The molecular weight excluding hydrogens is 410 g/mol. The van der Waals surface area contributed by atoms with Gasteiger partial charge < -0.3 is 9.47 Å². The Hall–Kier alpha value is -3.24. The molecule has 2 aromatic carbocycles. The van der Waals surface area contributed by atoms with Gasteiger partial charge in [0.15, 0.2) is 15.8 Å². The van der Waals surface area contributed by atoms with Crippen molar-refractivity contribution in [1.82, 2.24) is 20.2 Å². The van der Waals surface area contributed by atoms with E-state index in [1.807, 2.05) is 12.1 Å². The van der Waals surface area contributed by atoms with Gasteiger partial charge in [-0.15, -0.1) is 10.2 Å². The average Bonchev–Trinajstić information content (AvgIpc) is 3.20. The molecule has 146 valence electrons. The first-order valence-corrected chi connectivity index (χ1v) is 10.1. The fraction of sp³-hybridized carbons (Fsp3) is 0.105. The fourth-order valence-electron chi connectivity index (χ4n) is 2.58. The number of anilines is 1. The Morgan fingerprint density at radius 2 is 1.79 bits per heavy atom. The number of rotatable bonds is 6. The molecule has 0 radical (unpaired) electrons. The predicted molar refractivity (Wildman–Crippen MR) is 111 cm³/mol. The first-order chi connectivity index (χ1) is 14.2. The van der Waals surface area contributed by atoms with Crippen LogP contribution in [0.1, 0.15) is 10.4 Å². The average molecular weight is 425 g/mol. The van der Waals surface area contributed by atoms with Crippen LogP contribution in [0.15, 0.2) is 58.2 Å². The Bertz CT molecular complexity index is 1170. The van der Waals surface area contributed by atoms with Gasteiger partial charge in [0.05, 0.1) is 19.7 Å². The largest absolute Gasteiger partial charge is 0.493 e. The number of aromatic nitrogens is 4. The van der Waals surface area contributed by atoms with Crippen LogP contribution in [0.4, 0.5) is 5.13 Å². The zero-order chi connectivity index (χ0) is 20.2. The topological polar surface area (TPSA) is 99.1 Å². The zero-order valence-electron chi connectivity index (χ0n) is 15.4. The van der Waals surface area contributed by atoms with Gasteiger partial charge in [-0.25, -0.2) is 9.97 Å². The lowest BCUT2D eigenvalue weighted by Crippen LogP contribution is -2.11. The van der Waals surface area contributed by atoms with Gasteiger partial charge in [0.1, 0.15) is 11.4 Å². The van der Waals surface area contributed by atoms with Crippen LogP contribution in [0.25, 0.3) is 10.9 Å². The summed E-state index contributed by atoms with van der Waals surface area (Å²) in [5.41, 5.74) is 1.28. The highest BCUT2D eigenvalue weighted by atomic mass is 32.2. The van der Waals surface area contributed by atoms with Gasteiger partial charge in [-0.1, -0.05) is 29.5 Å². The fourth-order valence-corrected chi connectivity index (χ4v) is 4.32. The second kappa shape index (κ2) is 8.41. The molecule has 0 unspecified atom stereocenters. The molecule has 0 aliphatic carbocycles. The number of hydrogen-bond donors (Lipinski definition) is 1. The molecule has 29 heavy (non-hydrogen) atoms. The molecular formula is C19H15N5O3S2. The molecule has 0 spiro atoms. The molecule has 0 atom stereocenters. The molecule has 4 rings (SSSR count).